The van der Waals surface area contributed by atoms with E-state index >= 15 is 0 Å². The minimum atomic E-state index is -0.222. The maximum absolute atomic E-state index is 11.2. The summed E-state index contributed by atoms with van der Waals surface area (Å²) in [5.41, 5.74) is 0. The summed E-state index contributed by atoms with van der Waals surface area (Å²) >= 11 is 0. The van der Waals surface area contributed by atoms with E-state index in [1.54, 1.807) is 0 Å². The van der Waals surface area contributed by atoms with Gasteiger partial charge in [0.15, 0.2) is 0 Å². The number of ether oxygens (including phenoxy) is 2. The molecule has 0 aliphatic carbocycles. The third kappa shape index (κ3) is 17.3. The summed E-state index contributed by atoms with van der Waals surface area (Å²) in [5, 5.41) is 0. The number of carbonyl (C=O) groups excluding carboxylic acids is 2. The Labute approximate surface area is 154 Å². The molecule has 0 saturated heterocycles. The van der Waals surface area contributed by atoms with Crippen molar-refractivity contribution in [3.8, 4) is 0 Å². The van der Waals surface area contributed by atoms with Crippen LogP contribution in [-0.4, -0.2) is 25.2 Å². The highest BCUT2D eigenvalue weighted by atomic mass is 16.5. The van der Waals surface area contributed by atoms with E-state index in [4.69, 9.17) is 4.74 Å². The average Bonchev–Trinajstić information content (AvgIpc) is 2.59. The van der Waals surface area contributed by atoms with Gasteiger partial charge in [-0.25, -0.2) is 0 Å². The second-order valence-electron chi connectivity index (χ2n) is 6.66. The van der Waals surface area contributed by atoms with Gasteiger partial charge in [0.05, 0.1) is 7.11 Å². The first-order chi connectivity index (χ1) is 12.1. The largest absolute Gasteiger partial charge is 0.469 e. The molecule has 0 aromatic carbocycles. The Morgan fingerprint density at radius 2 is 1.56 bits per heavy atom. The van der Waals surface area contributed by atoms with Crippen LogP contribution in [0.2, 0.25) is 0 Å². The summed E-state index contributed by atoms with van der Waals surface area (Å²) in [6.45, 7) is 3.70. The van der Waals surface area contributed by atoms with Gasteiger partial charge in [0.1, 0.15) is 6.10 Å². The van der Waals surface area contributed by atoms with Gasteiger partial charge in [-0.2, -0.15) is 0 Å². The first kappa shape index (κ1) is 23.7. The van der Waals surface area contributed by atoms with E-state index in [1.165, 1.54) is 52.6 Å². The number of carbonyl (C=O) groups is 2. The highest BCUT2D eigenvalue weighted by Gasteiger charge is 2.08. The van der Waals surface area contributed by atoms with Crippen molar-refractivity contribution in [2.24, 2.45) is 0 Å². The van der Waals surface area contributed by atoms with Gasteiger partial charge in [-0.1, -0.05) is 57.9 Å². The van der Waals surface area contributed by atoms with Crippen molar-refractivity contribution in [1.29, 1.82) is 0 Å². The third-order valence-corrected chi connectivity index (χ3v) is 4.24. The van der Waals surface area contributed by atoms with Crippen LogP contribution in [0.25, 0.3) is 0 Å². The van der Waals surface area contributed by atoms with Gasteiger partial charge < -0.3 is 9.47 Å². The van der Waals surface area contributed by atoms with Crippen LogP contribution in [0.3, 0.4) is 0 Å². The van der Waals surface area contributed by atoms with Crippen molar-refractivity contribution in [2.75, 3.05) is 7.11 Å². The van der Waals surface area contributed by atoms with Crippen LogP contribution < -0.4 is 0 Å². The van der Waals surface area contributed by atoms with Crippen LogP contribution in [0.15, 0.2) is 12.2 Å². The lowest BCUT2D eigenvalue weighted by Crippen LogP contribution is -2.13. The molecular weight excluding hydrogens is 316 g/mol. The molecule has 0 saturated carbocycles. The summed E-state index contributed by atoms with van der Waals surface area (Å²) in [6.07, 6.45) is 18.2. The Morgan fingerprint density at radius 3 is 2.24 bits per heavy atom. The Kier molecular flexibility index (Phi) is 16.6. The van der Waals surface area contributed by atoms with E-state index in [-0.39, 0.29) is 18.0 Å². The number of hydrogen-bond acceptors (Lipinski definition) is 4. The molecule has 4 heteroatoms. The molecule has 1 atom stereocenters. The average molecular weight is 355 g/mol. The summed E-state index contributed by atoms with van der Waals surface area (Å²) in [7, 11) is 1.42. The smallest absolute Gasteiger partial charge is 0.305 e. The van der Waals surface area contributed by atoms with E-state index < -0.39 is 0 Å². The second kappa shape index (κ2) is 17.5. The molecular formula is C21H38O4. The highest BCUT2D eigenvalue weighted by molar-refractivity contribution is 5.69. The monoisotopic (exact) mass is 354 g/mol. The maximum Gasteiger partial charge on any atom is 0.305 e. The second-order valence-corrected chi connectivity index (χ2v) is 6.66. The van der Waals surface area contributed by atoms with Gasteiger partial charge in [0.25, 0.3) is 0 Å². The minimum Gasteiger partial charge on any atom is -0.469 e. The number of unbranched alkanes of at least 4 members (excludes halogenated alkanes) is 9. The number of methoxy groups -OCH3 is 1. The number of allylic oxidation sites excluding steroid dienone is 1. The maximum atomic E-state index is 11.2. The van der Waals surface area contributed by atoms with Gasteiger partial charge in [-0.15, -0.1) is 0 Å². The quantitative estimate of drug-likeness (QED) is 0.201. The number of hydrogen-bond donors (Lipinski definition) is 0. The topological polar surface area (TPSA) is 52.6 Å². The van der Waals surface area contributed by atoms with Crippen molar-refractivity contribution in [1.82, 2.24) is 0 Å². The van der Waals surface area contributed by atoms with Crippen LogP contribution in [0.4, 0.5) is 0 Å². The van der Waals surface area contributed by atoms with E-state index in [9.17, 15) is 9.59 Å². The molecule has 25 heavy (non-hydrogen) atoms. The molecule has 1 unspecified atom stereocenters. The van der Waals surface area contributed by atoms with E-state index in [0.29, 0.717) is 6.42 Å². The molecule has 0 N–H and O–H groups in total. The van der Waals surface area contributed by atoms with E-state index in [0.717, 1.165) is 38.5 Å². The molecule has 0 aromatic rings. The van der Waals surface area contributed by atoms with Crippen LogP contribution in [0.5, 0.6) is 0 Å². The predicted molar refractivity (Wildman–Crippen MR) is 102 cm³/mol. The van der Waals surface area contributed by atoms with Crippen LogP contribution in [0, 0.1) is 0 Å². The number of esters is 2. The lowest BCUT2D eigenvalue weighted by Gasteiger charge is -2.13. The van der Waals surface area contributed by atoms with Gasteiger partial charge in [0.2, 0.25) is 0 Å². The molecule has 0 aliphatic rings. The first-order valence-electron chi connectivity index (χ1n) is 10.0. The van der Waals surface area contributed by atoms with Crippen LogP contribution >= 0.6 is 0 Å². The van der Waals surface area contributed by atoms with Crippen molar-refractivity contribution in [3.05, 3.63) is 12.2 Å². The summed E-state index contributed by atoms with van der Waals surface area (Å²) < 4.78 is 10.00. The molecule has 0 spiro atoms. The van der Waals surface area contributed by atoms with Crippen molar-refractivity contribution < 1.29 is 19.1 Å². The number of rotatable bonds is 16. The van der Waals surface area contributed by atoms with Crippen LogP contribution in [-0.2, 0) is 19.1 Å². The Bertz CT molecular complexity index is 363. The van der Waals surface area contributed by atoms with Gasteiger partial charge in [0, 0.05) is 13.3 Å². The molecule has 0 bridgehead atoms. The fourth-order valence-electron chi connectivity index (χ4n) is 2.77. The lowest BCUT2D eigenvalue weighted by molar-refractivity contribution is -0.144. The molecule has 0 aliphatic heterocycles. The summed E-state index contributed by atoms with van der Waals surface area (Å²) in [5.74, 6) is -0.365. The van der Waals surface area contributed by atoms with Gasteiger partial charge >= 0.3 is 11.9 Å². The van der Waals surface area contributed by atoms with E-state index in [2.05, 4.69) is 17.7 Å². The molecule has 0 aromatic heterocycles. The van der Waals surface area contributed by atoms with Crippen molar-refractivity contribution in [3.63, 3.8) is 0 Å². The van der Waals surface area contributed by atoms with Gasteiger partial charge in [-0.3, -0.25) is 9.59 Å². The normalized spacial score (nSPS) is 12.3. The zero-order valence-electron chi connectivity index (χ0n) is 16.6. The molecule has 0 heterocycles. The third-order valence-electron chi connectivity index (χ3n) is 4.24. The Hall–Kier alpha value is -1.32. The Balaban J connectivity index is 3.82. The fraction of sp³-hybridized carbons (Fsp3) is 0.810. The summed E-state index contributed by atoms with van der Waals surface area (Å²) in [6, 6.07) is 0. The summed E-state index contributed by atoms with van der Waals surface area (Å²) in [4.78, 5) is 22.3. The molecule has 0 fully saturated rings. The molecule has 0 radical (unpaired) electrons. The highest BCUT2D eigenvalue weighted by Crippen LogP contribution is 2.13. The first-order valence-corrected chi connectivity index (χ1v) is 10.0. The van der Waals surface area contributed by atoms with Crippen LogP contribution in [0.1, 0.15) is 97.3 Å². The van der Waals surface area contributed by atoms with Crippen molar-refractivity contribution in [2.45, 2.75) is 103 Å². The Morgan fingerprint density at radius 1 is 0.920 bits per heavy atom. The zero-order valence-corrected chi connectivity index (χ0v) is 16.6. The van der Waals surface area contributed by atoms with Gasteiger partial charge in [-0.05, 0) is 38.2 Å². The molecule has 4 nitrogen and oxygen atoms in total. The molecule has 0 amide bonds. The minimum absolute atomic E-state index is 0.113. The molecule has 0 rings (SSSR count). The van der Waals surface area contributed by atoms with Crippen molar-refractivity contribution >= 4 is 11.9 Å². The predicted octanol–water partition coefficient (Wildman–Crippen LogP) is 5.74. The fourth-order valence-corrected chi connectivity index (χ4v) is 2.77. The molecule has 146 valence electrons. The SMILES string of the molecule is CCCCCCCCC=CC(CCCCCCC(=O)OC)OC(C)=O. The van der Waals surface area contributed by atoms with E-state index in [1.807, 2.05) is 6.08 Å². The zero-order chi connectivity index (χ0) is 18.8. The lowest BCUT2D eigenvalue weighted by atomic mass is 10.1. The standard InChI is InChI=1S/C21H38O4/c1-4-5-6-7-8-9-10-13-16-20(25-19(2)22)17-14-11-12-15-18-21(23)24-3/h13,16,20H,4-12,14-15,17-18H2,1-3H3.